The van der Waals surface area contributed by atoms with Crippen LogP contribution >= 0.6 is 11.8 Å². The minimum absolute atomic E-state index is 0.944. The Morgan fingerprint density at radius 1 is 1.40 bits per heavy atom. The largest absolute Gasteiger partial charge is 0.317 e. The number of hydrogen-bond acceptors (Lipinski definition) is 2. The van der Waals surface area contributed by atoms with Gasteiger partial charge < -0.3 is 5.32 Å². The molecule has 1 heterocycles. The van der Waals surface area contributed by atoms with Crippen molar-refractivity contribution < 1.29 is 0 Å². The molecule has 0 spiro atoms. The van der Waals surface area contributed by atoms with E-state index in [-0.39, 0.29) is 0 Å². The van der Waals surface area contributed by atoms with Gasteiger partial charge >= 0.3 is 0 Å². The molecule has 0 aromatic carbocycles. The molecule has 1 rings (SSSR count). The monoisotopic (exact) mass is 159 g/mol. The summed E-state index contributed by atoms with van der Waals surface area (Å²) in [4.78, 5) is 0. The molecule has 0 aliphatic carbocycles. The van der Waals surface area contributed by atoms with Gasteiger partial charge in [0.15, 0.2) is 0 Å². The van der Waals surface area contributed by atoms with Gasteiger partial charge in [-0.2, -0.15) is 11.8 Å². The first-order valence-corrected chi connectivity index (χ1v) is 5.30. The van der Waals surface area contributed by atoms with Crippen LogP contribution in [0.4, 0.5) is 0 Å². The van der Waals surface area contributed by atoms with Gasteiger partial charge in [0.25, 0.3) is 0 Å². The smallest absolute Gasteiger partial charge is 0.00594 e. The second kappa shape index (κ2) is 5.03. The molecule has 10 heavy (non-hydrogen) atoms. The molecule has 1 saturated heterocycles. The van der Waals surface area contributed by atoms with Crippen LogP contribution in [0.3, 0.4) is 0 Å². The Morgan fingerprint density at radius 2 is 2.30 bits per heavy atom. The minimum atomic E-state index is 0.944. The summed E-state index contributed by atoms with van der Waals surface area (Å²) in [5, 5.41) is 4.37. The van der Waals surface area contributed by atoms with Gasteiger partial charge in [-0.15, -0.1) is 0 Å². The Kier molecular flexibility index (Phi) is 4.23. The van der Waals surface area contributed by atoms with Gasteiger partial charge in [-0.3, -0.25) is 0 Å². The summed E-state index contributed by atoms with van der Waals surface area (Å²) in [7, 11) is 0. The van der Waals surface area contributed by atoms with Crippen LogP contribution < -0.4 is 5.32 Å². The molecule has 0 amide bonds. The number of rotatable bonds is 2. The molecule has 1 N–H and O–H groups in total. The minimum Gasteiger partial charge on any atom is -0.317 e. The molecule has 0 aromatic rings. The van der Waals surface area contributed by atoms with Crippen molar-refractivity contribution >= 4 is 11.8 Å². The zero-order valence-electron chi connectivity index (χ0n) is 6.73. The van der Waals surface area contributed by atoms with Crippen LogP contribution in [0.25, 0.3) is 0 Å². The highest BCUT2D eigenvalue weighted by atomic mass is 32.2. The predicted octanol–water partition coefficient (Wildman–Crippen LogP) is 1.88. The Morgan fingerprint density at radius 3 is 3.10 bits per heavy atom. The van der Waals surface area contributed by atoms with Crippen molar-refractivity contribution in [3.05, 3.63) is 0 Å². The molecule has 0 bridgehead atoms. The van der Waals surface area contributed by atoms with E-state index in [1.807, 2.05) is 0 Å². The molecule has 2 heteroatoms. The van der Waals surface area contributed by atoms with Gasteiger partial charge in [0.05, 0.1) is 0 Å². The quantitative estimate of drug-likeness (QED) is 0.660. The third-order valence-corrected chi connectivity index (χ3v) is 3.20. The molecule has 1 fully saturated rings. The fourth-order valence-electron chi connectivity index (χ4n) is 1.39. The van der Waals surface area contributed by atoms with Crippen molar-refractivity contribution in [3.8, 4) is 0 Å². The lowest BCUT2D eigenvalue weighted by Gasteiger charge is -2.10. The highest BCUT2D eigenvalue weighted by molar-refractivity contribution is 7.99. The van der Waals surface area contributed by atoms with Crippen molar-refractivity contribution in [1.29, 1.82) is 0 Å². The summed E-state index contributed by atoms with van der Waals surface area (Å²) in [6.07, 6.45) is 4.17. The molecular weight excluding hydrogens is 142 g/mol. The summed E-state index contributed by atoms with van der Waals surface area (Å²) >= 11 is 2.13. The van der Waals surface area contributed by atoms with Gasteiger partial charge in [-0.25, -0.2) is 0 Å². The summed E-state index contributed by atoms with van der Waals surface area (Å²) in [6, 6.07) is 0. The van der Waals surface area contributed by atoms with Crippen molar-refractivity contribution in [2.75, 3.05) is 18.8 Å². The van der Waals surface area contributed by atoms with E-state index in [1.165, 1.54) is 38.1 Å². The van der Waals surface area contributed by atoms with Gasteiger partial charge in [0.1, 0.15) is 0 Å². The van der Waals surface area contributed by atoms with E-state index in [1.54, 1.807) is 0 Å². The van der Waals surface area contributed by atoms with E-state index < -0.39 is 0 Å². The first kappa shape index (κ1) is 8.41. The van der Waals surface area contributed by atoms with E-state index in [2.05, 4.69) is 24.0 Å². The SMILES string of the molecule is CCSC1CCCNCC1. The highest BCUT2D eigenvalue weighted by Gasteiger charge is 2.10. The lowest BCUT2D eigenvalue weighted by atomic mass is 10.2. The van der Waals surface area contributed by atoms with Gasteiger partial charge in [0.2, 0.25) is 0 Å². The maximum absolute atomic E-state index is 3.42. The zero-order valence-corrected chi connectivity index (χ0v) is 7.54. The van der Waals surface area contributed by atoms with Crippen LogP contribution in [-0.4, -0.2) is 24.1 Å². The third-order valence-electron chi connectivity index (χ3n) is 1.93. The average Bonchev–Trinajstić information content (AvgIpc) is 2.17. The summed E-state index contributed by atoms with van der Waals surface area (Å²) in [5.41, 5.74) is 0. The van der Waals surface area contributed by atoms with E-state index in [9.17, 15) is 0 Å². The number of hydrogen-bond donors (Lipinski definition) is 1. The summed E-state index contributed by atoms with van der Waals surface area (Å²) in [6.45, 7) is 4.72. The number of nitrogens with one attached hydrogen (secondary N) is 1. The fourth-order valence-corrected chi connectivity index (χ4v) is 2.48. The first-order valence-electron chi connectivity index (χ1n) is 4.26. The Labute approximate surface area is 68.0 Å². The molecule has 1 atom stereocenters. The van der Waals surface area contributed by atoms with Gasteiger partial charge in [-0.1, -0.05) is 6.92 Å². The number of thioether (sulfide) groups is 1. The second-order valence-electron chi connectivity index (χ2n) is 2.76. The van der Waals surface area contributed by atoms with Crippen LogP contribution in [0.15, 0.2) is 0 Å². The van der Waals surface area contributed by atoms with Gasteiger partial charge in [-0.05, 0) is 38.1 Å². The van der Waals surface area contributed by atoms with E-state index in [0.717, 1.165) is 5.25 Å². The molecule has 60 valence electrons. The standard InChI is InChI=1S/C8H17NS/c1-2-10-8-4-3-6-9-7-5-8/h8-9H,2-7H2,1H3. The first-order chi connectivity index (χ1) is 4.93. The zero-order chi connectivity index (χ0) is 7.23. The fraction of sp³-hybridized carbons (Fsp3) is 1.00. The molecule has 0 aromatic heterocycles. The maximum Gasteiger partial charge on any atom is 0.00594 e. The van der Waals surface area contributed by atoms with Crippen molar-refractivity contribution in [1.82, 2.24) is 5.32 Å². The van der Waals surface area contributed by atoms with Crippen molar-refractivity contribution in [2.45, 2.75) is 31.4 Å². The third kappa shape index (κ3) is 2.93. The second-order valence-corrected chi connectivity index (χ2v) is 4.34. The topological polar surface area (TPSA) is 12.0 Å². The molecule has 0 radical (unpaired) electrons. The van der Waals surface area contributed by atoms with E-state index >= 15 is 0 Å². The lowest BCUT2D eigenvalue weighted by molar-refractivity contribution is 0.703. The summed E-state index contributed by atoms with van der Waals surface area (Å²) < 4.78 is 0. The summed E-state index contributed by atoms with van der Waals surface area (Å²) in [5.74, 6) is 1.28. The molecule has 1 unspecified atom stereocenters. The molecule has 1 aliphatic heterocycles. The van der Waals surface area contributed by atoms with Crippen LogP contribution in [0.1, 0.15) is 26.2 Å². The molecule has 0 saturated carbocycles. The Balaban J connectivity index is 2.15. The van der Waals surface area contributed by atoms with Crippen LogP contribution in [0.5, 0.6) is 0 Å². The molecule has 1 aliphatic rings. The van der Waals surface area contributed by atoms with E-state index in [4.69, 9.17) is 0 Å². The van der Waals surface area contributed by atoms with Crippen LogP contribution in [-0.2, 0) is 0 Å². The average molecular weight is 159 g/mol. The van der Waals surface area contributed by atoms with Crippen molar-refractivity contribution in [2.24, 2.45) is 0 Å². The van der Waals surface area contributed by atoms with Gasteiger partial charge in [0, 0.05) is 5.25 Å². The Hall–Kier alpha value is 0.310. The maximum atomic E-state index is 3.42. The predicted molar refractivity (Wildman–Crippen MR) is 48.6 cm³/mol. The van der Waals surface area contributed by atoms with Crippen LogP contribution in [0.2, 0.25) is 0 Å². The molecular formula is C8H17NS. The lowest BCUT2D eigenvalue weighted by Crippen LogP contribution is -2.14. The van der Waals surface area contributed by atoms with Crippen molar-refractivity contribution in [3.63, 3.8) is 0 Å². The normalized spacial score (nSPS) is 27.9. The van der Waals surface area contributed by atoms with E-state index in [0.29, 0.717) is 0 Å². The molecule has 1 nitrogen and oxygen atoms in total. The highest BCUT2D eigenvalue weighted by Crippen LogP contribution is 2.20. The van der Waals surface area contributed by atoms with Crippen LogP contribution in [0, 0.1) is 0 Å². The Bertz CT molecular complexity index is 77.3.